The number of aromatic amines is 1. The van der Waals surface area contributed by atoms with Crippen LogP contribution in [-0.4, -0.2) is 23.2 Å². The molecule has 1 aromatic heterocycles. The Morgan fingerprint density at radius 1 is 1.44 bits per heavy atom. The van der Waals surface area contributed by atoms with E-state index in [9.17, 15) is 4.79 Å². The van der Waals surface area contributed by atoms with Crippen molar-refractivity contribution < 1.29 is 14.6 Å². The van der Waals surface area contributed by atoms with E-state index in [1.54, 1.807) is 7.11 Å². The molecule has 0 spiro atoms. The summed E-state index contributed by atoms with van der Waals surface area (Å²) >= 11 is 0. The molecule has 0 aliphatic heterocycles. The van der Waals surface area contributed by atoms with Gasteiger partial charge in [-0.2, -0.15) is 0 Å². The van der Waals surface area contributed by atoms with Gasteiger partial charge in [-0.05, 0) is 30.7 Å². The Kier molecular flexibility index (Phi) is 2.81. The first-order valence-electron chi connectivity index (χ1n) is 5.06. The second kappa shape index (κ2) is 4.26. The Balaban J connectivity index is 2.25. The highest BCUT2D eigenvalue weighted by Gasteiger charge is 2.04. The summed E-state index contributed by atoms with van der Waals surface area (Å²) in [4.78, 5) is 13.6. The van der Waals surface area contributed by atoms with Crippen molar-refractivity contribution in [2.24, 2.45) is 0 Å². The van der Waals surface area contributed by atoms with Crippen LogP contribution in [0.1, 0.15) is 12.1 Å². The zero-order valence-corrected chi connectivity index (χ0v) is 8.99. The second-order valence-electron chi connectivity index (χ2n) is 3.64. The van der Waals surface area contributed by atoms with Gasteiger partial charge in [-0.1, -0.05) is 0 Å². The molecule has 2 aromatic rings. The van der Waals surface area contributed by atoms with Crippen molar-refractivity contribution >= 4 is 16.9 Å². The normalized spacial score (nSPS) is 10.6. The lowest BCUT2D eigenvalue weighted by Crippen LogP contribution is -1.97. The molecule has 4 heteroatoms. The van der Waals surface area contributed by atoms with Crippen molar-refractivity contribution in [3.8, 4) is 5.75 Å². The highest BCUT2D eigenvalue weighted by Crippen LogP contribution is 2.21. The number of carboxylic acid groups (broad SMARTS) is 1. The third-order valence-electron chi connectivity index (χ3n) is 2.49. The molecule has 0 aliphatic carbocycles. The van der Waals surface area contributed by atoms with Crippen LogP contribution in [0.3, 0.4) is 0 Å². The van der Waals surface area contributed by atoms with E-state index in [-0.39, 0.29) is 6.42 Å². The number of hydrogen-bond donors (Lipinski definition) is 2. The maximum absolute atomic E-state index is 10.5. The maximum Gasteiger partial charge on any atom is 0.303 e. The van der Waals surface area contributed by atoms with Crippen molar-refractivity contribution in [3.05, 3.63) is 30.0 Å². The van der Waals surface area contributed by atoms with E-state index in [1.165, 1.54) is 0 Å². The molecule has 4 nitrogen and oxygen atoms in total. The molecule has 0 unspecified atom stereocenters. The molecule has 1 heterocycles. The van der Waals surface area contributed by atoms with Crippen LogP contribution in [0.2, 0.25) is 0 Å². The standard InChI is InChI=1S/C12H13NO3/c1-16-10-3-4-11-8(7-10)6-9(13-11)2-5-12(14)15/h3-4,6-7,13H,2,5H2,1H3,(H,14,15). The molecule has 0 amide bonds. The van der Waals surface area contributed by atoms with Crippen molar-refractivity contribution in [2.75, 3.05) is 7.11 Å². The highest BCUT2D eigenvalue weighted by atomic mass is 16.5. The fourth-order valence-corrected chi connectivity index (χ4v) is 1.67. The molecule has 2 N–H and O–H groups in total. The van der Waals surface area contributed by atoms with Gasteiger partial charge in [0, 0.05) is 16.6 Å². The third kappa shape index (κ3) is 2.16. The number of benzene rings is 1. The lowest BCUT2D eigenvalue weighted by molar-refractivity contribution is -0.136. The number of carboxylic acids is 1. The second-order valence-corrected chi connectivity index (χ2v) is 3.64. The number of aryl methyl sites for hydroxylation is 1. The first-order chi connectivity index (χ1) is 7.69. The average molecular weight is 219 g/mol. The minimum atomic E-state index is -0.781. The van der Waals surface area contributed by atoms with Crippen LogP contribution in [0.4, 0.5) is 0 Å². The van der Waals surface area contributed by atoms with Crippen LogP contribution in [0.25, 0.3) is 10.9 Å². The SMILES string of the molecule is COc1ccc2[nH]c(CCC(=O)O)cc2c1. The molecular weight excluding hydrogens is 206 g/mol. The van der Waals surface area contributed by atoms with E-state index in [1.807, 2.05) is 24.3 Å². The molecule has 0 atom stereocenters. The molecule has 0 radical (unpaired) electrons. The van der Waals surface area contributed by atoms with Gasteiger partial charge >= 0.3 is 5.97 Å². The van der Waals surface area contributed by atoms with E-state index >= 15 is 0 Å². The smallest absolute Gasteiger partial charge is 0.303 e. The van der Waals surface area contributed by atoms with Gasteiger partial charge < -0.3 is 14.8 Å². The Bertz CT molecular complexity index is 516. The lowest BCUT2D eigenvalue weighted by Gasteiger charge is -1.97. The Labute approximate surface area is 92.9 Å². The fourth-order valence-electron chi connectivity index (χ4n) is 1.67. The number of hydrogen-bond acceptors (Lipinski definition) is 2. The molecule has 2 rings (SSSR count). The molecule has 0 fully saturated rings. The molecule has 1 aromatic carbocycles. The van der Waals surface area contributed by atoms with Crippen LogP contribution in [0, 0.1) is 0 Å². The van der Waals surface area contributed by atoms with Gasteiger partial charge in [-0.15, -0.1) is 0 Å². The predicted octanol–water partition coefficient (Wildman–Crippen LogP) is 2.19. The van der Waals surface area contributed by atoms with Gasteiger partial charge in [0.25, 0.3) is 0 Å². The average Bonchev–Trinajstić information content (AvgIpc) is 2.67. The Morgan fingerprint density at radius 2 is 2.25 bits per heavy atom. The quantitative estimate of drug-likeness (QED) is 0.828. The summed E-state index contributed by atoms with van der Waals surface area (Å²) in [6, 6.07) is 7.69. The molecule has 0 saturated carbocycles. The van der Waals surface area contributed by atoms with E-state index < -0.39 is 5.97 Å². The maximum atomic E-state index is 10.5. The van der Waals surface area contributed by atoms with E-state index in [0.29, 0.717) is 6.42 Å². The van der Waals surface area contributed by atoms with Gasteiger partial charge in [0.2, 0.25) is 0 Å². The van der Waals surface area contributed by atoms with E-state index in [0.717, 1.165) is 22.3 Å². The molecule has 0 bridgehead atoms. The monoisotopic (exact) mass is 219 g/mol. The molecule has 0 aliphatic rings. The summed E-state index contributed by atoms with van der Waals surface area (Å²) in [6.45, 7) is 0. The summed E-state index contributed by atoms with van der Waals surface area (Å²) in [6.07, 6.45) is 0.663. The largest absolute Gasteiger partial charge is 0.497 e. The van der Waals surface area contributed by atoms with Gasteiger partial charge in [0.05, 0.1) is 13.5 Å². The van der Waals surface area contributed by atoms with Gasteiger partial charge in [0.15, 0.2) is 0 Å². The molecule has 16 heavy (non-hydrogen) atoms. The van der Waals surface area contributed by atoms with Crippen molar-refractivity contribution in [1.82, 2.24) is 4.98 Å². The summed E-state index contributed by atoms with van der Waals surface area (Å²) in [5.41, 5.74) is 1.94. The number of aromatic nitrogens is 1. The number of carbonyl (C=O) groups is 1. The number of aliphatic carboxylic acids is 1. The third-order valence-corrected chi connectivity index (χ3v) is 2.49. The van der Waals surface area contributed by atoms with E-state index in [4.69, 9.17) is 9.84 Å². The number of rotatable bonds is 4. The minimum absolute atomic E-state index is 0.143. The zero-order chi connectivity index (χ0) is 11.5. The van der Waals surface area contributed by atoms with Crippen LogP contribution >= 0.6 is 0 Å². The Morgan fingerprint density at radius 3 is 2.94 bits per heavy atom. The van der Waals surface area contributed by atoms with Gasteiger partial charge in [0.1, 0.15) is 5.75 Å². The Hall–Kier alpha value is -1.97. The van der Waals surface area contributed by atoms with E-state index in [2.05, 4.69) is 4.98 Å². The summed E-state index contributed by atoms with van der Waals surface area (Å²) < 4.78 is 5.12. The number of fused-ring (bicyclic) bond motifs is 1. The number of nitrogens with one attached hydrogen (secondary N) is 1. The summed E-state index contributed by atoms with van der Waals surface area (Å²) in [5.74, 6) is 0.0209. The summed E-state index contributed by atoms with van der Waals surface area (Å²) in [5, 5.41) is 9.64. The number of methoxy groups -OCH3 is 1. The molecule has 0 saturated heterocycles. The van der Waals surface area contributed by atoms with Crippen LogP contribution in [-0.2, 0) is 11.2 Å². The van der Waals surface area contributed by atoms with Crippen LogP contribution in [0.15, 0.2) is 24.3 Å². The molecule has 84 valence electrons. The number of H-pyrrole nitrogens is 1. The van der Waals surface area contributed by atoms with Crippen molar-refractivity contribution in [3.63, 3.8) is 0 Å². The van der Waals surface area contributed by atoms with Crippen LogP contribution in [0.5, 0.6) is 5.75 Å². The van der Waals surface area contributed by atoms with Gasteiger partial charge in [-0.25, -0.2) is 0 Å². The van der Waals surface area contributed by atoms with Gasteiger partial charge in [-0.3, -0.25) is 4.79 Å². The van der Waals surface area contributed by atoms with Crippen molar-refractivity contribution in [2.45, 2.75) is 12.8 Å². The topological polar surface area (TPSA) is 62.3 Å². The zero-order valence-electron chi connectivity index (χ0n) is 8.99. The van der Waals surface area contributed by atoms with Crippen molar-refractivity contribution in [1.29, 1.82) is 0 Å². The fraction of sp³-hybridized carbons (Fsp3) is 0.250. The molecular formula is C12H13NO3. The minimum Gasteiger partial charge on any atom is -0.497 e. The highest BCUT2D eigenvalue weighted by molar-refractivity contribution is 5.82. The van der Waals surface area contributed by atoms with Crippen LogP contribution < -0.4 is 4.74 Å². The first-order valence-corrected chi connectivity index (χ1v) is 5.06. The predicted molar refractivity (Wildman–Crippen MR) is 60.8 cm³/mol. The summed E-state index contributed by atoms with van der Waals surface area (Å²) in [7, 11) is 1.62. The number of ether oxygens (including phenoxy) is 1. The first kappa shape index (κ1) is 10.5. The lowest BCUT2D eigenvalue weighted by atomic mass is 10.2.